The molecule has 0 aromatic rings. The van der Waals surface area contributed by atoms with E-state index >= 15 is 0 Å². The maximum Gasteiger partial charge on any atom is 0.0784 e. The van der Waals surface area contributed by atoms with Gasteiger partial charge in [0.2, 0.25) is 0 Å². The molecule has 1 nitrogen and oxygen atoms in total. The Morgan fingerprint density at radius 1 is 1.08 bits per heavy atom. The minimum absolute atomic E-state index is 0.851. The molecule has 12 heavy (non-hydrogen) atoms. The molecule has 0 heterocycles. The Hall–Kier alpha value is -0.0400. The van der Waals surface area contributed by atoms with Crippen molar-refractivity contribution in [1.29, 1.82) is 0 Å². The highest BCUT2D eigenvalue weighted by atomic mass is 15.3. The van der Waals surface area contributed by atoms with Crippen molar-refractivity contribution in [3.8, 4) is 0 Å². The van der Waals surface area contributed by atoms with E-state index in [1.165, 1.54) is 36.8 Å². The summed E-state index contributed by atoms with van der Waals surface area (Å²) in [5.41, 5.74) is 0. The molecule has 0 bridgehead atoms. The van der Waals surface area contributed by atoms with Gasteiger partial charge in [0.15, 0.2) is 0 Å². The van der Waals surface area contributed by atoms with Crippen molar-refractivity contribution in [2.45, 2.75) is 40.0 Å². The van der Waals surface area contributed by atoms with Gasteiger partial charge in [0.1, 0.15) is 0 Å². The summed E-state index contributed by atoms with van der Waals surface area (Å²) >= 11 is 0. The van der Waals surface area contributed by atoms with Crippen molar-refractivity contribution < 1.29 is 4.48 Å². The first-order chi connectivity index (χ1) is 5.48. The third-order valence-corrected chi connectivity index (χ3v) is 2.43. The van der Waals surface area contributed by atoms with Gasteiger partial charge in [-0.3, -0.25) is 0 Å². The summed E-state index contributed by atoms with van der Waals surface area (Å²) in [7, 11) is 4.69. The van der Waals surface area contributed by atoms with Crippen LogP contribution in [-0.4, -0.2) is 31.7 Å². The van der Waals surface area contributed by atoms with Gasteiger partial charge in [-0.05, 0) is 18.8 Å². The van der Waals surface area contributed by atoms with Crippen molar-refractivity contribution in [3.05, 3.63) is 0 Å². The van der Waals surface area contributed by atoms with Gasteiger partial charge in [-0.1, -0.05) is 27.2 Å². The van der Waals surface area contributed by atoms with Crippen LogP contribution in [0.15, 0.2) is 0 Å². The second-order valence-electron chi connectivity index (χ2n) is 4.92. The molecule has 0 spiro atoms. The van der Waals surface area contributed by atoms with Crippen LogP contribution in [0.5, 0.6) is 0 Å². The number of unbranched alkanes of at least 4 members (excludes halogenated alkanes) is 1. The molecule has 0 N–H and O–H groups in total. The van der Waals surface area contributed by atoms with Crippen LogP contribution in [0.25, 0.3) is 0 Å². The highest BCUT2D eigenvalue weighted by Crippen LogP contribution is 2.07. The lowest BCUT2D eigenvalue weighted by Gasteiger charge is -2.30. The number of quaternary nitrogens is 1. The second kappa shape index (κ2) is 5.58. The Bertz CT molecular complexity index is 106. The highest BCUT2D eigenvalue weighted by molar-refractivity contribution is 4.44. The van der Waals surface area contributed by atoms with Gasteiger partial charge in [0, 0.05) is 0 Å². The fourth-order valence-electron chi connectivity index (χ4n) is 1.31. The summed E-state index contributed by atoms with van der Waals surface area (Å²) < 4.78 is 1.20. The summed E-state index contributed by atoms with van der Waals surface area (Å²) in [5.74, 6) is 0.851. The average molecular weight is 172 g/mol. The van der Waals surface area contributed by atoms with Crippen LogP contribution in [0.1, 0.15) is 40.0 Å². The summed E-state index contributed by atoms with van der Waals surface area (Å²) in [4.78, 5) is 0. The molecule has 0 fully saturated rings. The Kier molecular flexibility index (Phi) is 5.56. The van der Waals surface area contributed by atoms with E-state index in [2.05, 4.69) is 34.9 Å². The van der Waals surface area contributed by atoms with E-state index in [0.29, 0.717) is 0 Å². The molecule has 0 atom stereocenters. The van der Waals surface area contributed by atoms with E-state index < -0.39 is 0 Å². The lowest BCUT2D eigenvalue weighted by molar-refractivity contribution is -0.891. The summed E-state index contributed by atoms with van der Waals surface area (Å²) in [6.07, 6.45) is 4.05. The topological polar surface area (TPSA) is 0 Å². The molecule has 0 rings (SSSR count). The zero-order valence-electron chi connectivity index (χ0n) is 9.56. The Labute approximate surface area is 78.4 Å². The van der Waals surface area contributed by atoms with Crippen LogP contribution in [0.4, 0.5) is 0 Å². The fourth-order valence-corrected chi connectivity index (χ4v) is 1.31. The molecular weight excluding hydrogens is 146 g/mol. The van der Waals surface area contributed by atoms with Gasteiger partial charge in [-0.2, -0.15) is 0 Å². The molecule has 0 radical (unpaired) electrons. The van der Waals surface area contributed by atoms with Gasteiger partial charge in [0.25, 0.3) is 0 Å². The number of nitrogens with zero attached hydrogens (tertiary/aromatic N) is 1. The van der Waals surface area contributed by atoms with Gasteiger partial charge in [-0.15, -0.1) is 0 Å². The minimum atomic E-state index is 0.851. The van der Waals surface area contributed by atoms with Gasteiger partial charge in [0.05, 0.1) is 27.2 Å². The molecule has 0 aliphatic rings. The van der Waals surface area contributed by atoms with Crippen LogP contribution < -0.4 is 0 Å². The van der Waals surface area contributed by atoms with E-state index in [1.807, 2.05) is 0 Å². The third kappa shape index (κ3) is 6.66. The molecule has 74 valence electrons. The smallest absolute Gasteiger partial charge is 0.0784 e. The van der Waals surface area contributed by atoms with Crippen molar-refractivity contribution in [2.75, 3.05) is 27.2 Å². The monoisotopic (exact) mass is 172 g/mol. The normalized spacial score (nSPS) is 12.5. The van der Waals surface area contributed by atoms with Crippen molar-refractivity contribution in [2.24, 2.45) is 5.92 Å². The minimum Gasteiger partial charge on any atom is -0.328 e. The molecule has 1 heteroatoms. The van der Waals surface area contributed by atoms with Crippen LogP contribution >= 0.6 is 0 Å². The van der Waals surface area contributed by atoms with Crippen molar-refractivity contribution >= 4 is 0 Å². The van der Waals surface area contributed by atoms with Crippen molar-refractivity contribution in [1.82, 2.24) is 0 Å². The average Bonchev–Trinajstić information content (AvgIpc) is 1.98. The largest absolute Gasteiger partial charge is 0.328 e. The van der Waals surface area contributed by atoms with E-state index in [0.717, 1.165) is 5.92 Å². The Balaban J connectivity index is 3.56. The maximum absolute atomic E-state index is 2.35. The molecule has 0 aliphatic heterocycles. The molecule has 0 aromatic heterocycles. The standard InChI is InChI=1S/C11H26N/c1-6-7-9-12(4,5)10-8-11(2)3/h11H,6-10H2,1-5H3/q+1. The quantitative estimate of drug-likeness (QED) is 0.540. The maximum atomic E-state index is 2.35. The number of hydrogen-bond acceptors (Lipinski definition) is 0. The van der Waals surface area contributed by atoms with E-state index in [-0.39, 0.29) is 0 Å². The predicted octanol–water partition coefficient (Wildman–Crippen LogP) is 2.91. The molecule has 0 aliphatic carbocycles. The molecule has 0 saturated heterocycles. The van der Waals surface area contributed by atoms with Gasteiger partial charge in [-0.25, -0.2) is 0 Å². The summed E-state index contributed by atoms with van der Waals surface area (Å²) in [6.45, 7) is 9.54. The lowest BCUT2D eigenvalue weighted by Crippen LogP contribution is -2.41. The van der Waals surface area contributed by atoms with E-state index in [4.69, 9.17) is 0 Å². The summed E-state index contributed by atoms with van der Waals surface area (Å²) in [5, 5.41) is 0. The first-order valence-corrected chi connectivity index (χ1v) is 5.30. The van der Waals surface area contributed by atoms with Crippen LogP contribution in [0, 0.1) is 5.92 Å². The van der Waals surface area contributed by atoms with Crippen molar-refractivity contribution in [3.63, 3.8) is 0 Å². The van der Waals surface area contributed by atoms with E-state index in [9.17, 15) is 0 Å². The first kappa shape index (κ1) is 12.0. The van der Waals surface area contributed by atoms with Crippen LogP contribution in [-0.2, 0) is 0 Å². The molecule has 0 unspecified atom stereocenters. The van der Waals surface area contributed by atoms with E-state index in [1.54, 1.807) is 0 Å². The predicted molar refractivity (Wildman–Crippen MR) is 56.2 cm³/mol. The molecular formula is C11H26N+. The summed E-state index contributed by atoms with van der Waals surface area (Å²) in [6, 6.07) is 0. The number of hydrogen-bond donors (Lipinski definition) is 0. The highest BCUT2D eigenvalue weighted by Gasteiger charge is 2.13. The van der Waals surface area contributed by atoms with Gasteiger partial charge < -0.3 is 4.48 Å². The van der Waals surface area contributed by atoms with Crippen LogP contribution in [0.2, 0.25) is 0 Å². The van der Waals surface area contributed by atoms with Gasteiger partial charge >= 0.3 is 0 Å². The molecule has 0 saturated carbocycles. The second-order valence-corrected chi connectivity index (χ2v) is 4.92. The Morgan fingerprint density at radius 2 is 1.67 bits per heavy atom. The first-order valence-electron chi connectivity index (χ1n) is 5.30. The lowest BCUT2D eigenvalue weighted by atomic mass is 10.1. The molecule has 0 amide bonds. The Morgan fingerprint density at radius 3 is 2.08 bits per heavy atom. The molecule has 0 aromatic carbocycles. The zero-order chi connectivity index (χ0) is 9.61. The number of rotatable bonds is 6. The third-order valence-electron chi connectivity index (χ3n) is 2.43. The SMILES string of the molecule is CCCC[N+](C)(C)CCC(C)C. The van der Waals surface area contributed by atoms with Crippen LogP contribution in [0.3, 0.4) is 0 Å². The zero-order valence-corrected chi connectivity index (χ0v) is 9.56. The fraction of sp³-hybridized carbons (Fsp3) is 1.00.